The molecule has 2 amide bonds. The van der Waals surface area contributed by atoms with Crippen molar-refractivity contribution in [2.75, 3.05) is 46.9 Å². The molecule has 1 atom stereocenters. The summed E-state index contributed by atoms with van der Waals surface area (Å²) in [5.74, 6) is 1.12. The molecule has 1 aromatic carbocycles. The van der Waals surface area contributed by atoms with Crippen molar-refractivity contribution in [3.8, 4) is 11.5 Å². The van der Waals surface area contributed by atoms with Gasteiger partial charge in [0.1, 0.15) is 23.6 Å². The zero-order valence-electron chi connectivity index (χ0n) is 18.4. The number of benzene rings is 1. The number of piperidine rings is 2. The molecule has 0 N–H and O–H groups in total. The molecule has 4 rings (SSSR count). The maximum absolute atomic E-state index is 13.5. The van der Waals surface area contributed by atoms with Crippen molar-refractivity contribution in [1.29, 1.82) is 0 Å². The lowest BCUT2D eigenvalue weighted by molar-refractivity contribution is -0.135. The van der Waals surface area contributed by atoms with E-state index in [2.05, 4.69) is 18.9 Å². The number of methoxy groups -OCH3 is 1. The lowest BCUT2D eigenvalue weighted by Crippen LogP contribution is -2.55. The number of ether oxygens (including phenoxy) is 2. The molecule has 1 unspecified atom stereocenters. The van der Waals surface area contributed by atoms with Crippen molar-refractivity contribution in [2.24, 2.45) is 0 Å². The summed E-state index contributed by atoms with van der Waals surface area (Å²) in [6, 6.07) is 5.56. The van der Waals surface area contributed by atoms with E-state index in [-0.39, 0.29) is 24.4 Å². The first-order valence-electron chi connectivity index (χ1n) is 11.1. The van der Waals surface area contributed by atoms with Gasteiger partial charge in [-0.05, 0) is 45.4 Å². The number of nitrogens with zero attached hydrogens (tertiary/aromatic N) is 3. The third kappa shape index (κ3) is 4.13. The van der Waals surface area contributed by atoms with E-state index in [0.29, 0.717) is 23.6 Å². The van der Waals surface area contributed by atoms with E-state index >= 15 is 0 Å². The molecule has 0 aliphatic carbocycles. The van der Waals surface area contributed by atoms with Crippen molar-refractivity contribution < 1.29 is 19.1 Å². The second-order valence-electron chi connectivity index (χ2n) is 9.04. The minimum atomic E-state index is -0.479. The van der Waals surface area contributed by atoms with Crippen molar-refractivity contribution >= 4 is 11.8 Å². The molecule has 0 radical (unpaired) electrons. The van der Waals surface area contributed by atoms with Crippen LogP contribution in [0.3, 0.4) is 0 Å². The molecular weight excluding hydrogens is 382 g/mol. The van der Waals surface area contributed by atoms with Crippen LogP contribution < -0.4 is 9.47 Å². The van der Waals surface area contributed by atoms with Gasteiger partial charge in [-0.15, -0.1) is 0 Å². The Morgan fingerprint density at radius 1 is 1.23 bits per heavy atom. The average Bonchev–Trinajstić information content (AvgIpc) is 2.85. The topological polar surface area (TPSA) is 62.3 Å². The summed E-state index contributed by atoms with van der Waals surface area (Å²) in [4.78, 5) is 32.5. The molecule has 2 saturated heterocycles. The Hall–Kier alpha value is -2.28. The largest absolute Gasteiger partial charge is 0.497 e. The Bertz CT molecular complexity index is 804. The van der Waals surface area contributed by atoms with Gasteiger partial charge in [0.15, 0.2) is 0 Å². The second kappa shape index (κ2) is 8.46. The number of carbonyl (C=O) groups is 2. The summed E-state index contributed by atoms with van der Waals surface area (Å²) in [5.41, 5.74) is 0.0271. The molecule has 0 bridgehead atoms. The molecule has 2 fully saturated rings. The normalized spacial score (nSPS) is 24.2. The van der Waals surface area contributed by atoms with E-state index in [4.69, 9.17) is 9.47 Å². The molecule has 30 heavy (non-hydrogen) atoms. The van der Waals surface area contributed by atoms with Gasteiger partial charge in [0.2, 0.25) is 5.91 Å². The Morgan fingerprint density at radius 2 is 2.00 bits per heavy atom. The SMILES string of the molecule is COc1ccc2c(c1)OC1(CCN(C)CC1)CN(CC(=O)N1CCCCC1C)C2=O. The van der Waals surface area contributed by atoms with Gasteiger partial charge < -0.3 is 24.2 Å². The van der Waals surface area contributed by atoms with E-state index in [1.54, 1.807) is 30.2 Å². The van der Waals surface area contributed by atoms with E-state index in [9.17, 15) is 9.59 Å². The molecule has 3 heterocycles. The van der Waals surface area contributed by atoms with Gasteiger partial charge in [0.05, 0.1) is 19.2 Å². The molecule has 0 saturated carbocycles. The highest BCUT2D eigenvalue weighted by Gasteiger charge is 2.43. The quantitative estimate of drug-likeness (QED) is 0.759. The lowest BCUT2D eigenvalue weighted by atomic mass is 9.90. The minimum absolute atomic E-state index is 0.0376. The number of hydrogen-bond acceptors (Lipinski definition) is 5. The van der Waals surface area contributed by atoms with Gasteiger partial charge in [-0.25, -0.2) is 0 Å². The molecule has 1 aromatic rings. The molecule has 3 aliphatic rings. The highest BCUT2D eigenvalue weighted by Crippen LogP contribution is 2.37. The first-order chi connectivity index (χ1) is 14.4. The number of fused-ring (bicyclic) bond motifs is 1. The Labute approximate surface area is 178 Å². The van der Waals surface area contributed by atoms with Crippen LogP contribution in [0.4, 0.5) is 0 Å². The molecular formula is C23H33N3O4. The van der Waals surface area contributed by atoms with E-state index < -0.39 is 5.60 Å². The zero-order valence-corrected chi connectivity index (χ0v) is 18.4. The highest BCUT2D eigenvalue weighted by atomic mass is 16.5. The van der Waals surface area contributed by atoms with Crippen LogP contribution in [-0.4, -0.2) is 85.0 Å². The van der Waals surface area contributed by atoms with Crippen molar-refractivity contribution in [3.63, 3.8) is 0 Å². The summed E-state index contributed by atoms with van der Waals surface area (Å²) >= 11 is 0. The first kappa shape index (κ1) is 21.0. The van der Waals surface area contributed by atoms with Gasteiger partial charge in [-0.3, -0.25) is 9.59 Å². The van der Waals surface area contributed by atoms with E-state index in [1.807, 2.05) is 4.90 Å². The summed E-state index contributed by atoms with van der Waals surface area (Å²) in [7, 11) is 3.71. The molecule has 0 aromatic heterocycles. The van der Waals surface area contributed by atoms with Crippen LogP contribution >= 0.6 is 0 Å². The fourth-order valence-electron chi connectivity index (χ4n) is 4.88. The predicted octanol–water partition coefficient (Wildman–Crippen LogP) is 2.40. The van der Waals surface area contributed by atoms with E-state index in [1.165, 1.54) is 0 Å². The number of carbonyl (C=O) groups excluding carboxylic acids is 2. The molecule has 3 aliphatic heterocycles. The monoisotopic (exact) mass is 415 g/mol. The van der Waals surface area contributed by atoms with Crippen LogP contribution in [0.15, 0.2) is 18.2 Å². The van der Waals surface area contributed by atoms with Crippen LogP contribution in [-0.2, 0) is 4.79 Å². The molecule has 164 valence electrons. The second-order valence-corrected chi connectivity index (χ2v) is 9.04. The first-order valence-corrected chi connectivity index (χ1v) is 11.1. The van der Waals surface area contributed by atoms with Crippen LogP contribution in [0.5, 0.6) is 11.5 Å². The molecule has 7 heteroatoms. The number of rotatable bonds is 3. The van der Waals surface area contributed by atoms with Crippen molar-refractivity contribution in [2.45, 2.75) is 50.7 Å². The predicted molar refractivity (Wildman–Crippen MR) is 114 cm³/mol. The minimum Gasteiger partial charge on any atom is -0.497 e. The number of amides is 2. The van der Waals surface area contributed by atoms with Crippen molar-refractivity contribution in [3.05, 3.63) is 23.8 Å². The fraction of sp³-hybridized carbons (Fsp3) is 0.652. The van der Waals surface area contributed by atoms with Gasteiger partial charge >= 0.3 is 0 Å². The van der Waals surface area contributed by atoms with Crippen LogP contribution in [0, 0.1) is 0 Å². The standard InChI is InChI=1S/C23H33N3O4/c1-17-6-4-5-11-26(17)21(27)15-25-16-23(9-12-24(2)13-10-23)30-20-14-18(29-3)7-8-19(20)22(25)28/h7-8,14,17H,4-6,9-13,15-16H2,1-3H3. The summed E-state index contributed by atoms with van der Waals surface area (Å²) in [6.07, 6.45) is 4.86. The fourth-order valence-corrected chi connectivity index (χ4v) is 4.88. The Kier molecular flexibility index (Phi) is 5.91. The highest BCUT2D eigenvalue weighted by molar-refractivity contribution is 5.99. The lowest BCUT2D eigenvalue weighted by Gasteiger charge is -2.42. The summed E-state index contributed by atoms with van der Waals surface area (Å²) in [6.45, 7) is 5.23. The smallest absolute Gasteiger partial charge is 0.258 e. The van der Waals surface area contributed by atoms with Crippen LogP contribution in [0.2, 0.25) is 0 Å². The maximum Gasteiger partial charge on any atom is 0.258 e. The Balaban J connectivity index is 1.63. The van der Waals surface area contributed by atoms with Gasteiger partial charge in [-0.1, -0.05) is 0 Å². The maximum atomic E-state index is 13.5. The molecule has 1 spiro atoms. The average molecular weight is 416 g/mol. The zero-order chi connectivity index (χ0) is 21.3. The third-order valence-corrected chi connectivity index (χ3v) is 6.86. The third-order valence-electron chi connectivity index (χ3n) is 6.86. The number of hydrogen-bond donors (Lipinski definition) is 0. The number of likely N-dealkylation sites (tertiary alicyclic amines) is 2. The van der Waals surface area contributed by atoms with Crippen LogP contribution in [0.1, 0.15) is 49.4 Å². The summed E-state index contributed by atoms with van der Waals surface area (Å²) < 4.78 is 11.9. The van der Waals surface area contributed by atoms with Crippen molar-refractivity contribution in [1.82, 2.24) is 14.7 Å². The van der Waals surface area contributed by atoms with Gasteiger partial charge in [0.25, 0.3) is 5.91 Å². The van der Waals surface area contributed by atoms with Gasteiger partial charge in [0, 0.05) is 44.6 Å². The molecule has 7 nitrogen and oxygen atoms in total. The van der Waals surface area contributed by atoms with Crippen LogP contribution in [0.25, 0.3) is 0 Å². The van der Waals surface area contributed by atoms with E-state index in [0.717, 1.165) is 51.7 Å². The Morgan fingerprint density at radius 3 is 2.70 bits per heavy atom. The van der Waals surface area contributed by atoms with Gasteiger partial charge in [-0.2, -0.15) is 0 Å². The summed E-state index contributed by atoms with van der Waals surface area (Å²) in [5, 5.41) is 0.